The summed E-state index contributed by atoms with van der Waals surface area (Å²) in [5.41, 5.74) is 5.58. The normalized spacial score (nSPS) is 24.7. The number of carbonyl (C=O) groups is 1. The summed E-state index contributed by atoms with van der Waals surface area (Å²) < 4.78 is 5.28. The molecule has 0 bridgehead atoms. The van der Waals surface area contributed by atoms with E-state index in [0.717, 1.165) is 12.8 Å². The Balaban J connectivity index is 2.41. The molecule has 0 spiro atoms. The predicted molar refractivity (Wildman–Crippen MR) is 86.2 cm³/mol. The number of amides is 1. The second-order valence-electron chi connectivity index (χ2n) is 7.52. The van der Waals surface area contributed by atoms with Gasteiger partial charge in [0.1, 0.15) is 5.60 Å². The van der Waals surface area contributed by atoms with Crippen LogP contribution in [-0.2, 0) is 4.74 Å². The smallest absolute Gasteiger partial charge is 0.407 e. The van der Waals surface area contributed by atoms with Crippen LogP contribution in [0.15, 0.2) is 0 Å². The summed E-state index contributed by atoms with van der Waals surface area (Å²) in [4.78, 5) is 11.7. The van der Waals surface area contributed by atoms with Crippen LogP contribution in [0.25, 0.3) is 0 Å². The quantitative estimate of drug-likeness (QED) is 0.728. The monoisotopic (exact) mass is 299 g/mol. The third-order valence-electron chi connectivity index (χ3n) is 3.83. The molecule has 1 fully saturated rings. The van der Waals surface area contributed by atoms with Gasteiger partial charge in [-0.25, -0.2) is 4.79 Å². The van der Waals surface area contributed by atoms with E-state index in [1.165, 1.54) is 12.8 Å². The Morgan fingerprint density at radius 1 is 1.33 bits per heavy atom. The first-order valence-electron chi connectivity index (χ1n) is 8.16. The highest BCUT2D eigenvalue weighted by Gasteiger charge is 2.24. The van der Waals surface area contributed by atoms with Gasteiger partial charge >= 0.3 is 6.09 Å². The topological polar surface area (TPSA) is 76.4 Å². The Kier molecular flexibility index (Phi) is 6.94. The minimum atomic E-state index is -0.457. The molecule has 1 aliphatic rings. The molecule has 124 valence electrons. The number of rotatable bonds is 5. The zero-order valence-corrected chi connectivity index (χ0v) is 14.2. The lowest BCUT2D eigenvalue weighted by molar-refractivity contribution is 0.0517. The maximum Gasteiger partial charge on any atom is 0.407 e. The van der Waals surface area contributed by atoms with E-state index in [9.17, 15) is 4.79 Å². The minimum absolute atomic E-state index is 0.243. The summed E-state index contributed by atoms with van der Waals surface area (Å²) in [7, 11) is 0. The maximum atomic E-state index is 11.7. The Bertz CT molecular complexity index is 326. The fourth-order valence-electron chi connectivity index (χ4n) is 2.68. The van der Waals surface area contributed by atoms with Crippen molar-refractivity contribution in [1.29, 1.82) is 0 Å². The molecule has 0 aromatic rings. The lowest BCUT2D eigenvalue weighted by Crippen LogP contribution is -2.51. The SMILES string of the molecule is CC(C)C(CNC(=O)OC(C)(C)C)NC1CCCC(N)C1. The van der Waals surface area contributed by atoms with E-state index in [0.29, 0.717) is 24.5 Å². The molecule has 0 radical (unpaired) electrons. The number of nitrogens with one attached hydrogen (secondary N) is 2. The Hall–Kier alpha value is -0.810. The van der Waals surface area contributed by atoms with Crippen molar-refractivity contribution in [1.82, 2.24) is 10.6 Å². The molecule has 0 heterocycles. The highest BCUT2D eigenvalue weighted by molar-refractivity contribution is 5.67. The number of carbonyl (C=O) groups excluding carboxylic acids is 1. The van der Waals surface area contributed by atoms with E-state index in [-0.39, 0.29) is 12.1 Å². The van der Waals surface area contributed by atoms with Gasteiger partial charge in [0.15, 0.2) is 0 Å². The molecule has 1 saturated carbocycles. The zero-order chi connectivity index (χ0) is 16.0. The fraction of sp³-hybridized carbons (Fsp3) is 0.938. The van der Waals surface area contributed by atoms with Gasteiger partial charge in [0.25, 0.3) is 0 Å². The Morgan fingerprint density at radius 3 is 2.52 bits per heavy atom. The van der Waals surface area contributed by atoms with Crippen LogP contribution in [0.1, 0.15) is 60.3 Å². The second-order valence-corrected chi connectivity index (χ2v) is 7.52. The van der Waals surface area contributed by atoms with Crippen LogP contribution >= 0.6 is 0 Å². The summed E-state index contributed by atoms with van der Waals surface area (Å²) in [6, 6.07) is 1.01. The van der Waals surface area contributed by atoms with E-state index >= 15 is 0 Å². The van der Waals surface area contributed by atoms with Crippen molar-refractivity contribution in [3.8, 4) is 0 Å². The number of ether oxygens (including phenoxy) is 1. The van der Waals surface area contributed by atoms with Crippen molar-refractivity contribution in [3.63, 3.8) is 0 Å². The fourth-order valence-corrected chi connectivity index (χ4v) is 2.68. The van der Waals surface area contributed by atoms with Crippen LogP contribution in [0.5, 0.6) is 0 Å². The molecule has 5 heteroatoms. The lowest BCUT2D eigenvalue weighted by atomic mass is 9.90. The molecule has 4 N–H and O–H groups in total. The van der Waals surface area contributed by atoms with Gasteiger partial charge in [0.05, 0.1) is 0 Å². The van der Waals surface area contributed by atoms with E-state index in [4.69, 9.17) is 10.5 Å². The third kappa shape index (κ3) is 7.67. The predicted octanol–water partition coefficient (Wildman–Crippen LogP) is 2.40. The minimum Gasteiger partial charge on any atom is -0.444 e. The molecule has 1 amide bonds. The molecule has 1 rings (SSSR count). The number of hydrogen-bond acceptors (Lipinski definition) is 4. The van der Waals surface area contributed by atoms with Crippen molar-refractivity contribution in [2.24, 2.45) is 11.7 Å². The number of hydrogen-bond donors (Lipinski definition) is 3. The van der Waals surface area contributed by atoms with Crippen LogP contribution in [0, 0.1) is 5.92 Å². The van der Waals surface area contributed by atoms with Crippen LogP contribution in [0.2, 0.25) is 0 Å². The molecule has 0 saturated heterocycles. The third-order valence-corrected chi connectivity index (χ3v) is 3.83. The number of alkyl carbamates (subject to hydrolysis) is 1. The molecule has 0 aliphatic heterocycles. The summed E-state index contributed by atoms with van der Waals surface area (Å²) in [6.45, 7) is 10.5. The first kappa shape index (κ1) is 18.2. The largest absolute Gasteiger partial charge is 0.444 e. The van der Waals surface area contributed by atoms with Crippen molar-refractivity contribution in [2.45, 2.75) is 84.0 Å². The first-order chi connectivity index (χ1) is 9.67. The van der Waals surface area contributed by atoms with E-state index in [1.807, 2.05) is 20.8 Å². The average Bonchev–Trinajstić information content (AvgIpc) is 2.32. The van der Waals surface area contributed by atoms with Gasteiger partial charge in [-0.05, 0) is 46.0 Å². The van der Waals surface area contributed by atoms with Gasteiger partial charge in [-0.2, -0.15) is 0 Å². The van der Waals surface area contributed by atoms with Crippen molar-refractivity contribution in [2.75, 3.05) is 6.54 Å². The summed E-state index contributed by atoms with van der Waals surface area (Å²) in [5.74, 6) is 0.443. The van der Waals surface area contributed by atoms with Gasteiger partial charge in [-0.3, -0.25) is 0 Å². The van der Waals surface area contributed by atoms with Gasteiger partial charge in [-0.1, -0.05) is 20.3 Å². The maximum absolute atomic E-state index is 11.7. The highest BCUT2D eigenvalue weighted by Crippen LogP contribution is 2.18. The zero-order valence-electron chi connectivity index (χ0n) is 14.2. The van der Waals surface area contributed by atoms with Crippen LogP contribution in [-0.4, -0.2) is 36.4 Å². The van der Waals surface area contributed by atoms with Gasteiger partial charge in [0, 0.05) is 24.7 Å². The molecule has 1 aliphatic carbocycles. The molecule has 21 heavy (non-hydrogen) atoms. The van der Waals surface area contributed by atoms with Crippen LogP contribution in [0.4, 0.5) is 4.79 Å². The van der Waals surface area contributed by atoms with E-state index < -0.39 is 5.60 Å². The Morgan fingerprint density at radius 2 is 2.00 bits per heavy atom. The summed E-state index contributed by atoms with van der Waals surface area (Å²) in [6.07, 6.45) is 4.15. The standard InChI is InChI=1S/C16H33N3O2/c1-11(2)14(10-18-15(20)21-16(3,4)5)19-13-8-6-7-12(17)9-13/h11-14,19H,6-10,17H2,1-5H3,(H,18,20). The summed E-state index contributed by atoms with van der Waals surface area (Å²) in [5, 5.41) is 6.52. The van der Waals surface area contributed by atoms with Crippen molar-refractivity contribution in [3.05, 3.63) is 0 Å². The second kappa shape index (κ2) is 7.99. The summed E-state index contributed by atoms with van der Waals surface area (Å²) >= 11 is 0. The number of nitrogens with two attached hydrogens (primary N) is 1. The molecule has 3 unspecified atom stereocenters. The lowest BCUT2D eigenvalue weighted by Gasteiger charge is -2.33. The van der Waals surface area contributed by atoms with E-state index in [1.54, 1.807) is 0 Å². The molecular weight excluding hydrogens is 266 g/mol. The van der Waals surface area contributed by atoms with E-state index in [2.05, 4.69) is 24.5 Å². The van der Waals surface area contributed by atoms with Crippen molar-refractivity contribution >= 4 is 6.09 Å². The van der Waals surface area contributed by atoms with Crippen LogP contribution in [0.3, 0.4) is 0 Å². The molecule has 3 atom stereocenters. The first-order valence-corrected chi connectivity index (χ1v) is 8.16. The van der Waals surface area contributed by atoms with Gasteiger partial charge in [0.2, 0.25) is 0 Å². The Labute approximate surface area is 129 Å². The van der Waals surface area contributed by atoms with Gasteiger partial charge in [-0.15, -0.1) is 0 Å². The molecule has 5 nitrogen and oxygen atoms in total. The molecule has 0 aromatic heterocycles. The molecular formula is C16H33N3O2. The average molecular weight is 299 g/mol. The van der Waals surface area contributed by atoms with Crippen molar-refractivity contribution < 1.29 is 9.53 Å². The highest BCUT2D eigenvalue weighted by atomic mass is 16.6. The molecule has 0 aromatic carbocycles. The van der Waals surface area contributed by atoms with Gasteiger partial charge < -0.3 is 21.1 Å². The van der Waals surface area contributed by atoms with Crippen LogP contribution < -0.4 is 16.4 Å².